The van der Waals surface area contributed by atoms with E-state index in [1.54, 1.807) is 24.3 Å². The Morgan fingerprint density at radius 2 is 1.30 bits per heavy atom. The number of rotatable bonds is 9. The van der Waals surface area contributed by atoms with Crippen molar-refractivity contribution in [3.63, 3.8) is 0 Å². The van der Waals surface area contributed by atoms with Crippen LogP contribution < -0.4 is 9.47 Å². The van der Waals surface area contributed by atoms with Crippen molar-refractivity contribution >= 4 is 5.97 Å². The van der Waals surface area contributed by atoms with Crippen LogP contribution in [0.25, 0.3) is 0 Å². The maximum Gasteiger partial charge on any atom is 0.343 e. The Balaban J connectivity index is 1.51. The van der Waals surface area contributed by atoms with E-state index >= 15 is 0 Å². The largest absolute Gasteiger partial charge is 0.494 e. The second-order valence-corrected chi connectivity index (χ2v) is 7.61. The van der Waals surface area contributed by atoms with Crippen molar-refractivity contribution in [3.8, 4) is 23.3 Å². The van der Waals surface area contributed by atoms with E-state index in [0.29, 0.717) is 6.07 Å². The van der Waals surface area contributed by atoms with Crippen LogP contribution in [0.3, 0.4) is 0 Å². The summed E-state index contributed by atoms with van der Waals surface area (Å²) in [5.41, 5.74) is 1.40. The van der Waals surface area contributed by atoms with Gasteiger partial charge in [-0.3, -0.25) is 0 Å². The average Bonchev–Trinajstić information content (AvgIpc) is 2.81. The highest BCUT2D eigenvalue weighted by Gasteiger charge is 2.11. The highest BCUT2D eigenvalue weighted by molar-refractivity contribution is 5.91. The summed E-state index contributed by atoms with van der Waals surface area (Å²) in [6.07, 6.45) is 6.02. The summed E-state index contributed by atoms with van der Waals surface area (Å²) >= 11 is 0. The number of esters is 1. The maximum atomic E-state index is 13.3. The lowest BCUT2D eigenvalue weighted by Crippen LogP contribution is -2.09. The molecule has 0 heterocycles. The quantitative estimate of drug-likeness (QED) is 0.154. The lowest BCUT2D eigenvalue weighted by Gasteiger charge is -2.06. The lowest BCUT2D eigenvalue weighted by atomic mass is 10.1. The molecule has 0 aliphatic rings. The van der Waals surface area contributed by atoms with Gasteiger partial charge in [-0.15, -0.1) is 0 Å². The summed E-state index contributed by atoms with van der Waals surface area (Å²) in [5, 5.41) is 0. The van der Waals surface area contributed by atoms with Gasteiger partial charge in [-0.2, -0.15) is 0 Å². The van der Waals surface area contributed by atoms with Crippen molar-refractivity contribution < 1.29 is 23.0 Å². The van der Waals surface area contributed by atoms with Gasteiger partial charge >= 0.3 is 5.97 Å². The summed E-state index contributed by atoms with van der Waals surface area (Å²) in [7, 11) is 0. The van der Waals surface area contributed by atoms with Crippen LogP contribution >= 0.6 is 0 Å². The third kappa shape index (κ3) is 8.08. The second kappa shape index (κ2) is 12.4. The SMILES string of the molecule is CCCCCCCOc1ccc(C#Cc2ccc(OC(=O)c3cc(F)cc(F)c3)cc2)cc1. The van der Waals surface area contributed by atoms with Crippen LogP contribution in [0, 0.1) is 23.5 Å². The van der Waals surface area contributed by atoms with Crippen LogP contribution in [-0.4, -0.2) is 12.6 Å². The van der Waals surface area contributed by atoms with Gasteiger partial charge in [0, 0.05) is 17.2 Å². The third-order valence-corrected chi connectivity index (χ3v) is 4.89. The van der Waals surface area contributed by atoms with Gasteiger partial charge in [-0.05, 0) is 67.1 Å². The Bertz CT molecular complexity index is 1090. The van der Waals surface area contributed by atoms with Crippen LogP contribution in [0.5, 0.6) is 11.5 Å². The van der Waals surface area contributed by atoms with Crippen molar-refractivity contribution in [1.82, 2.24) is 0 Å². The predicted octanol–water partition coefficient (Wildman–Crippen LogP) is 6.93. The standard InChI is InChI=1S/C28H26F2O3/c1-2-3-4-5-6-17-32-26-13-9-21(10-14-26)7-8-22-11-15-27(16-12-22)33-28(31)23-18-24(29)20-25(30)19-23/h9-16,18-20H,2-6,17H2,1H3. The van der Waals surface area contributed by atoms with E-state index in [-0.39, 0.29) is 11.3 Å². The first-order valence-electron chi connectivity index (χ1n) is 11.1. The number of hydrogen-bond donors (Lipinski definition) is 0. The number of hydrogen-bond acceptors (Lipinski definition) is 3. The Kier molecular flexibility index (Phi) is 9.02. The van der Waals surface area contributed by atoms with Crippen LogP contribution in [0.1, 0.15) is 60.5 Å². The summed E-state index contributed by atoms with van der Waals surface area (Å²) in [6, 6.07) is 16.8. The van der Waals surface area contributed by atoms with Crippen LogP contribution in [0.4, 0.5) is 8.78 Å². The molecule has 0 aliphatic carbocycles. The molecule has 0 fully saturated rings. The number of benzene rings is 3. The fraction of sp³-hybridized carbons (Fsp3) is 0.250. The van der Waals surface area contributed by atoms with Crippen molar-refractivity contribution in [2.75, 3.05) is 6.61 Å². The van der Waals surface area contributed by atoms with E-state index in [1.165, 1.54) is 25.7 Å². The van der Waals surface area contributed by atoms with Crippen LogP contribution in [-0.2, 0) is 0 Å². The van der Waals surface area contributed by atoms with E-state index in [1.807, 2.05) is 24.3 Å². The predicted molar refractivity (Wildman–Crippen MR) is 124 cm³/mol. The molecule has 0 unspecified atom stereocenters. The second-order valence-electron chi connectivity index (χ2n) is 7.61. The molecule has 3 nitrogen and oxygen atoms in total. The molecule has 3 aromatic carbocycles. The first kappa shape index (κ1) is 24.0. The van der Waals surface area contributed by atoms with Gasteiger partial charge in [0.1, 0.15) is 23.1 Å². The molecular weight excluding hydrogens is 422 g/mol. The van der Waals surface area contributed by atoms with Gasteiger partial charge in [0.15, 0.2) is 0 Å². The fourth-order valence-corrected chi connectivity index (χ4v) is 3.12. The summed E-state index contributed by atoms with van der Waals surface area (Å²) in [5.74, 6) is 4.70. The molecule has 0 N–H and O–H groups in total. The third-order valence-electron chi connectivity index (χ3n) is 4.89. The Hall–Kier alpha value is -3.65. The van der Waals surface area contributed by atoms with Gasteiger partial charge in [0.25, 0.3) is 0 Å². The fourth-order valence-electron chi connectivity index (χ4n) is 3.12. The molecule has 3 rings (SSSR count). The number of halogens is 2. The normalized spacial score (nSPS) is 10.3. The first-order chi connectivity index (χ1) is 16.0. The van der Waals surface area contributed by atoms with Gasteiger partial charge in [-0.25, -0.2) is 13.6 Å². The first-order valence-corrected chi connectivity index (χ1v) is 11.1. The number of carbonyl (C=O) groups excluding carboxylic acids is 1. The van der Waals surface area contributed by atoms with E-state index in [4.69, 9.17) is 9.47 Å². The Morgan fingerprint density at radius 1 is 0.758 bits per heavy atom. The minimum absolute atomic E-state index is 0.194. The van der Waals surface area contributed by atoms with E-state index < -0.39 is 17.6 Å². The lowest BCUT2D eigenvalue weighted by molar-refractivity contribution is 0.0733. The molecule has 0 spiro atoms. The molecule has 0 saturated carbocycles. The van der Waals surface area contributed by atoms with E-state index in [2.05, 4.69) is 18.8 Å². The molecule has 3 aromatic rings. The van der Waals surface area contributed by atoms with Crippen molar-refractivity contribution in [2.45, 2.75) is 39.0 Å². The molecule has 5 heteroatoms. The molecule has 0 aromatic heterocycles. The highest BCUT2D eigenvalue weighted by atomic mass is 19.1. The summed E-state index contributed by atoms with van der Waals surface area (Å²) in [6.45, 7) is 2.92. The Labute approximate surface area is 193 Å². The van der Waals surface area contributed by atoms with Crippen LogP contribution in [0.2, 0.25) is 0 Å². The number of carbonyl (C=O) groups is 1. The molecule has 170 valence electrons. The molecule has 0 amide bonds. The maximum absolute atomic E-state index is 13.3. The van der Waals surface area contributed by atoms with Crippen LogP contribution in [0.15, 0.2) is 66.7 Å². The van der Waals surface area contributed by atoms with E-state index in [0.717, 1.165) is 42.0 Å². The van der Waals surface area contributed by atoms with Crippen molar-refractivity contribution in [2.24, 2.45) is 0 Å². The number of unbranched alkanes of at least 4 members (excludes halogenated alkanes) is 4. The van der Waals surface area contributed by atoms with Gasteiger partial charge in [0.2, 0.25) is 0 Å². The molecule has 0 aliphatic heterocycles. The molecule has 0 atom stereocenters. The molecule has 0 bridgehead atoms. The topological polar surface area (TPSA) is 35.5 Å². The monoisotopic (exact) mass is 448 g/mol. The molecule has 0 radical (unpaired) electrons. The zero-order chi connectivity index (χ0) is 23.5. The minimum atomic E-state index is -0.838. The molecular formula is C28H26F2O3. The molecule has 0 saturated heterocycles. The summed E-state index contributed by atoms with van der Waals surface area (Å²) < 4.78 is 37.5. The minimum Gasteiger partial charge on any atom is -0.494 e. The zero-order valence-corrected chi connectivity index (χ0v) is 18.6. The zero-order valence-electron chi connectivity index (χ0n) is 18.6. The van der Waals surface area contributed by atoms with E-state index in [9.17, 15) is 13.6 Å². The summed E-state index contributed by atoms with van der Waals surface area (Å²) in [4.78, 5) is 12.1. The Morgan fingerprint density at radius 3 is 1.88 bits per heavy atom. The van der Waals surface area contributed by atoms with Gasteiger partial charge < -0.3 is 9.47 Å². The average molecular weight is 449 g/mol. The van der Waals surface area contributed by atoms with Crippen molar-refractivity contribution in [3.05, 3.63) is 95.1 Å². The molecule has 33 heavy (non-hydrogen) atoms. The smallest absolute Gasteiger partial charge is 0.343 e. The number of ether oxygens (including phenoxy) is 2. The van der Waals surface area contributed by atoms with Gasteiger partial charge in [-0.1, -0.05) is 44.4 Å². The van der Waals surface area contributed by atoms with Crippen molar-refractivity contribution in [1.29, 1.82) is 0 Å². The highest BCUT2D eigenvalue weighted by Crippen LogP contribution is 2.16. The van der Waals surface area contributed by atoms with Gasteiger partial charge in [0.05, 0.1) is 12.2 Å².